The average molecular weight is 356 g/mol. The third-order valence-corrected chi connectivity index (χ3v) is 3.58. The van der Waals surface area contributed by atoms with Gasteiger partial charge in [-0.3, -0.25) is 9.59 Å². The average Bonchev–Trinajstić information content (AvgIpc) is 2.64. The van der Waals surface area contributed by atoms with Gasteiger partial charge in [0.25, 0.3) is 11.8 Å². The van der Waals surface area contributed by atoms with Crippen LogP contribution in [0.25, 0.3) is 0 Å². The minimum Gasteiger partial charge on any atom is -0.484 e. The zero-order valence-corrected chi connectivity index (χ0v) is 15.1. The van der Waals surface area contributed by atoms with Crippen LogP contribution in [-0.4, -0.2) is 38.7 Å². The topological polar surface area (TPSA) is 76.7 Å². The maximum absolute atomic E-state index is 12.1. The van der Waals surface area contributed by atoms with E-state index in [9.17, 15) is 9.59 Å². The molecule has 0 fully saturated rings. The molecule has 6 heteroatoms. The molecule has 6 nitrogen and oxygen atoms in total. The molecule has 0 aliphatic carbocycles. The molecule has 0 spiro atoms. The summed E-state index contributed by atoms with van der Waals surface area (Å²) in [4.78, 5) is 24.1. The largest absolute Gasteiger partial charge is 0.484 e. The molecule has 0 heterocycles. The molecule has 2 amide bonds. The highest BCUT2D eigenvalue weighted by Gasteiger charge is 2.08. The second-order valence-corrected chi connectivity index (χ2v) is 5.84. The number of rotatable bonds is 9. The fourth-order valence-electron chi connectivity index (χ4n) is 2.31. The number of methoxy groups -OCH3 is 1. The van der Waals surface area contributed by atoms with Gasteiger partial charge in [0.2, 0.25) is 0 Å². The molecular formula is C20H24N2O4. The minimum absolute atomic E-state index is 0.100. The highest BCUT2D eigenvalue weighted by molar-refractivity contribution is 5.97. The summed E-state index contributed by atoms with van der Waals surface area (Å²) in [6.07, 6.45) is 0.745. The number of hydrogen-bond acceptors (Lipinski definition) is 4. The minimum atomic E-state index is -0.288. The molecule has 0 aliphatic heterocycles. The van der Waals surface area contributed by atoms with Crippen LogP contribution in [0.3, 0.4) is 0 Å². The molecule has 0 aliphatic rings. The first kappa shape index (κ1) is 19.5. The van der Waals surface area contributed by atoms with Gasteiger partial charge in [0.15, 0.2) is 6.61 Å². The molecule has 0 bridgehead atoms. The van der Waals surface area contributed by atoms with Gasteiger partial charge in [0, 0.05) is 31.5 Å². The van der Waals surface area contributed by atoms with Crippen molar-refractivity contribution in [2.24, 2.45) is 0 Å². The lowest BCUT2D eigenvalue weighted by Gasteiger charge is -2.09. The first-order valence-electron chi connectivity index (χ1n) is 8.45. The first-order valence-corrected chi connectivity index (χ1v) is 8.45. The Morgan fingerprint density at radius 3 is 2.65 bits per heavy atom. The zero-order valence-electron chi connectivity index (χ0n) is 15.1. The summed E-state index contributed by atoms with van der Waals surface area (Å²) in [6, 6.07) is 14.3. The lowest BCUT2D eigenvalue weighted by Crippen LogP contribution is -2.25. The second kappa shape index (κ2) is 10.2. The van der Waals surface area contributed by atoms with E-state index in [1.54, 1.807) is 37.4 Å². The van der Waals surface area contributed by atoms with E-state index in [0.717, 1.165) is 12.0 Å². The van der Waals surface area contributed by atoms with Crippen molar-refractivity contribution >= 4 is 17.5 Å². The fourth-order valence-corrected chi connectivity index (χ4v) is 2.31. The molecule has 0 saturated carbocycles. The highest BCUT2D eigenvalue weighted by Crippen LogP contribution is 2.13. The van der Waals surface area contributed by atoms with Crippen molar-refractivity contribution in [2.75, 3.05) is 32.2 Å². The van der Waals surface area contributed by atoms with Gasteiger partial charge < -0.3 is 20.1 Å². The molecule has 138 valence electrons. The third kappa shape index (κ3) is 6.57. The van der Waals surface area contributed by atoms with E-state index in [2.05, 4.69) is 10.6 Å². The molecule has 0 atom stereocenters. The van der Waals surface area contributed by atoms with Crippen molar-refractivity contribution in [3.05, 3.63) is 59.7 Å². The van der Waals surface area contributed by atoms with Gasteiger partial charge in [0.05, 0.1) is 0 Å². The molecule has 2 N–H and O–H groups in total. The number of carbonyl (C=O) groups excluding carboxylic acids is 2. The molecule has 2 aromatic carbocycles. The Morgan fingerprint density at radius 1 is 1.08 bits per heavy atom. The van der Waals surface area contributed by atoms with Crippen molar-refractivity contribution in [1.29, 1.82) is 0 Å². The Kier molecular flexibility index (Phi) is 7.64. The van der Waals surface area contributed by atoms with Gasteiger partial charge in [-0.25, -0.2) is 0 Å². The Morgan fingerprint density at radius 2 is 1.88 bits per heavy atom. The standard InChI is InChI=1S/C20H24N2O4/c1-15-6-3-9-18(12-15)26-14-19(23)22-17-8-4-7-16(13-17)20(24)21-10-5-11-25-2/h3-4,6-9,12-13H,5,10-11,14H2,1-2H3,(H,21,24)(H,22,23). The van der Waals surface area contributed by atoms with Crippen molar-refractivity contribution in [3.63, 3.8) is 0 Å². The van der Waals surface area contributed by atoms with Crippen LogP contribution < -0.4 is 15.4 Å². The van der Waals surface area contributed by atoms with Crippen LogP contribution in [0, 0.1) is 6.92 Å². The molecule has 0 unspecified atom stereocenters. The van der Waals surface area contributed by atoms with Crippen LogP contribution in [0.4, 0.5) is 5.69 Å². The lowest BCUT2D eigenvalue weighted by atomic mass is 10.2. The summed E-state index contributed by atoms with van der Waals surface area (Å²) in [5.74, 6) is 0.168. The lowest BCUT2D eigenvalue weighted by molar-refractivity contribution is -0.118. The van der Waals surface area contributed by atoms with Crippen molar-refractivity contribution in [1.82, 2.24) is 5.32 Å². The number of aryl methyl sites for hydroxylation is 1. The number of benzene rings is 2. The van der Waals surface area contributed by atoms with Gasteiger partial charge in [0.1, 0.15) is 5.75 Å². The molecule has 0 saturated heterocycles. The molecular weight excluding hydrogens is 332 g/mol. The highest BCUT2D eigenvalue weighted by atomic mass is 16.5. The smallest absolute Gasteiger partial charge is 0.262 e. The quantitative estimate of drug-likeness (QED) is 0.678. The maximum Gasteiger partial charge on any atom is 0.262 e. The fraction of sp³-hybridized carbons (Fsp3) is 0.300. The Hall–Kier alpha value is -2.86. The molecule has 2 rings (SSSR count). The van der Waals surface area contributed by atoms with Crippen LogP contribution in [0.2, 0.25) is 0 Å². The number of ether oxygens (including phenoxy) is 2. The van der Waals surface area contributed by atoms with Crippen molar-refractivity contribution < 1.29 is 19.1 Å². The van der Waals surface area contributed by atoms with Crippen LogP contribution >= 0.6 is 0 Å². The van der Waals surface area contributed by atoms with E-state index in [1.165, 1.54) is 0 Å². The number of nitrogens with one attached hydrogen (secondary N) is 2. The predicted molar refractivity (Wildman–Crippen MR) is 101 cm³/mol. The van der Waals surface area contributed by atoms with Crippen LogP contribution in [0.15, 0.2) is 48.5 Å². The summed E-state index contributed by atoms with van der Waals surface area (Å²) < 4.78 is 10.4. The SMILES string of the molecule is COCCCNC(=O)c1cccc(NC(=O)COc2cccc(C)c2)c1. The van der Waals surface area contributed by atoms with E-state index in [-0.39, 0.29) is 18.4 Å². The van der Waals surface area contributed by atoms with E-state index in [4.69, 9.17) is 9.47 Å². The summed E-state index contributed by atoms with van der Waals surface area (Å²) >= 11 is 0. The van der Waals surface area contributed by atoms with E-state index in [1.807, 2.05) is 25.1 Å². The molecule has 0 aromatic heterocycles. The first-order chi connectivity index (χ1) is 12.6. The normalized spacial score (nSPS) is 10.2. The monoisotopic (exact) mass is 356 g/mol. The van der Waals surface area contributed by atoms with Gasteiger partial charge in [-0.05, 0) is 49.2 Å². The molecule has 0 radical (unpaired) electrons. The van der Waals surface area contributed by atoms with E-state index in [0.29, 0.717) is 30.2 Å². The number of amides is 2. The molecule has 2 aromatic rings. The third-order valence-electron chi connectivity index (χ3n) is 3.58. The summed E-state index contributed by atoms with van der Waals surface area (Å²) in [5.41, 5.74) is 2.10. The Balaban J connectivity index is 1.85. The Bertz CT molecular complexity index is 746. The summed E-state index contributed by atoms with van der Waals surface area (Å²) in [7, 11) is 1.62. The Labute approximate surface area is 153 Å². The number of anilines is 1. The maximum atomic E-state index is 12.1. The van der Waals surface area contributed by atoms with Crippen LogP contribution in [-0.2, 0) is 9.53 Å². The number of hydrogen-bond donors (Lipinski definition) is 2. The van der Waals surface area contributed by atoms with Crippen molar-refractivity contribution in [2.45, 2.75) is 13.3 Å². The van der Waals surface area contributed by atoms with Gasteiger partial charge >= 0.3 is 0 Å². The van der Waals surface area contributed by atoms with Gasteiger partial charge in [-0.1, -0.05) is 18.2 Å². The van der Waals surface area contributed by atoms with E-state index >= 15 is 0 Å². The van der Waals surface area contributed by atoms with Crippen LogP contribution in [0.1, 0.15) is 22.3 Å². The van der Waals surface area contributed by atoms with E-state index < -0.39 is 0 Å². The summed E-state index contributed by atoms with van der Waals surface area (Å²) in [5, 5.41) is 5.54. The van der Waals surface area contributed by atoms with Crippen molar-refractivity contribution in [3.8, 4) is 5.75 Å². The summed E-state index contributed by atoms with van der Waals surface area (Å²) in [6.45, 7) is 2.99. The number of carbonyl (C=O) groups is 2. The molecule has 26 heavy (non-hydrogen) atoms. The second-order valence-electron chi connectivity index (χ2n) is 5.84. The zero-order chi connectivity index (χ0) is 18.8. The predicted octanol–water partition coefficient (Wildman–Crippen LogP) is 2.78. The van der Waals surface area contributed by atoms with Crippen LogP contribution in [0.5, 0.6) is 5.75 Å². The van der Waals surface area contributed by atoms with Gasteiger partial charge in [-0.15, -0.1) is 0 Å². The van der Waals surface area contributed by atoms with Gasteiger partial charge in [-0.2, -0.15) is 0 Å².